The van der Waals surface area contributed by atoms with Crippen LogP contribution in [0.4, 0.5) is 5.82 Å². The standard InChI is InChI=1S/C18H20N6OS/c19-17(25)13-3-4-20-16(8-13)23-6-1-2-14(9-23)18-21-5-7-24(18)10-15-11-26-12-22-15/h3-5,7-8,11-12,14H,1-2,6,9-10H2,(H2,19,25)/t14-/m0/s1. The molecule has 1 fully saturated rings. The number of nitrogens with zero attached hydrogens (tertiary/aromatic N) is 5. The van der Waals surface area contributed by atoms with Crippen molar-refractivity contribution in [2.45, 2.75) is 25.3 Å². The first-order valence-corrected chi connectivity index (χ1v) is 9.54. The summed E-state index contributed by atoms with van der Waals surface area (Å²) < 4.78 is 2.18. The van der Waals surface area contributed by atoms with E-state index >= 15 is 0 Å². The molecule has 0 spiro atoms. The highest BCUT2D eigenvalue weighted by molar-refractivity contribution is 7.07. The Bertz CT molecular complexity index is 891. The normalized spacial score (nSPS) is 17.4. The highest BCUT2D eigenvalue weighted by atomic mass is 32.1. The SMILES string of the molecule is NC(=O)c1ccnc(N2CCC[C@H](c3nccn3Cc3cscn3)C2)c1. The Labute approximate surface area is 155 Å². The van der Waals surface area contributed by atoms with Crippen LogP contribution in [0.5, 0.6) is 0 Å². The van der Waals surface area contributed by atoms with Gasteiger partial charge in [-0.1, -0.05) is 0 Å². The summed E-state index contributed by atoms with van der Waals surface area (Å²) in [7, 11) is 0. The van der Waals surface area contributed by atoms with Crippen LogP contribution in [0.2, 0.25) is 0 Å². The number of thiazole rings is 1. The first kappa shape index (κ1) is 16.7. The summed E-state index contributed by atoms with van der Waals surface area (Å²) in [5.74, 6) is 1.76. The van der Waals surface area contributed by atoms with Gasteiger partial charge in [-0.3, -0.25) is 4.79 Å². The molecule has 1 saturated heterocycles. The van der Waals surface area contributed by atoms with Crippen molar-refractivity contribution in [1.82, 2.24) is 19.5 Å². The summed E-state index contributed by atoms with van der Waals surface area (Å²) in [6, 6.07) is 3.42. The number of carbonyl (C=O) groups is 1. The van der Waals surface area contributed by atoms with Crippen LogP contribution in [0.3, 0.4) is 0 Å². The Morgan fingerprint density at radius 1 is 1.31 bits per heavy atom. The quantitative estimate of drug-likeness (QED) is 0.746. The van der Waals surface area contributed by atoms with Crippen LogP contribution in [0.15, 0.2) is 41.6 Å². The molecular formula is C18H20N6OS. The maximum absolute atomic E-state index is 11.4. The van der Waals surface area contributed by atoms with Crippen molar-refractivity contribution in [3.63, 3.8) is 0 Å². The molecule has 0 bridgehead atoms. The summed E-state index contributed by atoms with van der Waals surface area (Å²) in [4.78, 5) is 27.1. The van der Waals surface area contributed by atoms with E-state index in [-0.39, 0.29) is 0 Å². The van der Waals surface area contributed by atoms with E-state index in [1.165, 1.54) is 0 Å². The number of primary amides is 1. The molecule has 8 heteroatoms. The fraction of sp³-hybridized carbons (Fsp3) is 0.333. The van der Waals surface area contributed by atoms with Gasteiger partial charge in [0.05, 0.1) is 17.7 Å². The molecule has 2 N–H and O–H groups in total. The molecule has 0 aromatic carbocycles. The Balaban J connectivity index is 1.53. The smallest absolute Gasteiger partial charge is 0.248 e. The molecule has 4 rings (SSSR count). The number of hydrogen-bond acceptors (Lipinski definition) is 6. The van der Waals surface area contributed by atoms with E-state index in [9.17, 15) is 4.79 Å². The van der Waals surface area contributed by atoms with E-state index in [0.717, 1.165) is 49.8 Å². The molecular weight excluding hydrogens is 348 g/mol. The fourth-order valence-corrected chi connectivity index (χ4v) is 3.99. The zero-order valence-corrected chi connectivity index (χ0v) is 15.1. The van der Waals surface area contributed by atoms with E-state index in [1.54, 1.807) is 29.7 Å². The Morgan fingerprint density at radius 2 is 2.23 bits per heavy atom. The van der Waals surface area contributed by atoms with Crippen LogP contribution in [-0.2, 0) is 6.54 Å². The first-order valence-electron chi connectivity index (χ1n) is 8.59. The van der Waals surface area contributed by atoms with Crippen molar-refractivity contribution >= 4 is 23.1 Å². The number of aromatic nitrogens is 4. The highest BCUT2D eigenvalue weighted by Gasteiger charge is 2.26. The van der Waals surface area contributed by atoms with Gasteiger partial charge in [0, 0.05) is 48.5 Å². The van der Waals surface area contributed by atoms with Crippen LogP contribution in [0.1, 0.15) is 40.6 Å². The maximum atomic E-state index is 11.4. The lowest BCUT2D eigenvalue weighted by molar-refractivity contribution is 0.1000. The zero-order chi connectivity index (χ0) is 17.9. The number of hydrogen-bond donors (Lipinski definition) is 1. The monoisotopic (exact) mass is 368 g/mol. The summed E-state index contributed by atoms with van der Waals surface area (Å²) in [5.41, 5.74) is 8.79. The molecule has 4 heterocycles. The minimum absolute atomic E-state index is 0.316. The number of pyridine rings is 1. The van der Waals surface area contributed by atoms with Crippen molar-refractivity contribution in [3.8, 4) is 0 Å². The van der Waals surface area contributed by atoms with E-state index in [0.29, 0.717) is 11.5 Å². The molecule has 0 saturated carbocycles. The lowest BCUT2D eigenvalue weighted by atomic mass is 9.97. The molecule has 1 aliphatic heterocycles. The van der Waals surface area contributed by atoms with Crippen LogP contribution in [0.25, 0.3) is 0 Å². The number of amides is 1. The third kappa shape index (κ3) is 3.45. The van der Waals surface area contributed by atoms with Gasteiger partial charge in [0.2, 0.25) is 5.91 Å². The van der Waals surface area contributed by atoms with Gasteiger partial charge in [-0.25, -0.2) is 15.0 Å². The number of nitrogens with two attached hydrogens (primary N) is 1. The predicted octanol–water partition coefficient (Wildman–Crippen LogP) is 2.27. The van der Waals surface area contributed by atoms with Gasteiger partial charge < -0.3 is 15.2 Å². The van der Waals surface area contributed by atoms with Gasteiger partial charge in [0.25, 0.3) is 0 Å². The van der Waals surface area contributed by atoms with Crippen LogP contribution >= 0.6 is 11.3 Å². The van der Waals surface area contributed by atoms with Crippen molar-refractivity contribution in [2.75, 3.05) is 18.0 Å². The molecule has 26 heavy (non-hydrogen) atoms. The first-order chi connectivity index (χ1) is 12.7. The van der Waals surface area contributed by atoms with E-state index in [4.69, 9.17) is 5.73 Å². The molecule has 0 radical (unpaired) electrons. The molecule has 3 aromatic heterocycles. The largest absolute Gasteiger partial charge is 0.366 e. The van der Waals surface area contributed by atoms with Crippen molar-refractivity contribution < 1.29 is 4.79 Å². The van der Waals surface area contributed by atoms with Gasteiger partial charge in [0.1, 0.15) is 11.6 Å². The van der Waals surface area contributed by atoms with Crippen LogP contribution < -0.4 is 10.6 Å². The van der Waals surface area contributed by atoms with Gasteiger partial charge >= 0.3 is 0 Å². The van der Waals surface area contributed by atoms with E-state index in [2.05, 4.69) is 29.8 Å². The van der Waals surface area contributed by atoms with Crippen LogP contribution in [0, 0.1) is 0 Å². The molecule has 0 unspecified atom stereocenters. The Hall–Kier alpha value is -2.74. The van der Waals surface area contributed by atoms with Crippen molar-refractivity contribution in [3.05, 3.63) is 58.7 Å². The Morgan fingerprint density at radius 3 is 3.04 bits per heavy atom. The highest BCUT2D eigenvalue weighted by Crippen LogP contribution is 2.29. The number of rotatable bonds is 5. The Kier molecular flexibility index (Phi) is 4.66. The summed E-state index contributed by atoms with van der Waals surface area (Å²) in [6.45, 7) is 2.48. The lowest BCUT2D eigenvalue weighted by Crippen LogP contribution is -2.36. The molecule has 134 valence electrons. The lowest BCUT2D eigenvalue weighted by Gasteiger charge is -2.33. The van der Waals surface area contributed by atoms with E-state index < -0.39 is 5.91 Å². The number of imidazole rings is 1. The summed E-state index contributed by atoms with van der Waals surface area (Å²) in [5, 5.41) is 2.07. The average molecular weight is 368 g/mol. The molecule has 1 aliphatic rings. The molecule has 0 aliphatic carbocycles. The molecule has 7 nitrogen and oxygen atoms in total. The van der Waals surface area contributed by atoms with Gasteiger partial charge in [-0.15, -0.1) is 11.3 Å². The summed E-state index contributed by atoms with van der Waals surface area (Å²) >= 11 is 1.61. The second kappa shape index (κ2) is 7.25. The molecule has 1 amide bonds. The second-order valence-electron chi connectivity index (χ2n) is 6.45. The third-order valence-corrected chi connectivity index (χ3v) is 5.34. The van der Waals surface area contributed by atoms with Crippen molar-refractivity contribution in [1.29, 1.82) is 0 Å². The third-order valence-electron chi connectivity index (χ3n) is 4.70. The van der Waals surface area contributed by atoms with Gasteiger partial charge in [-0.05, 0) is 25.0 Å². The topological polar surface area (TPSA) is 89.9 Å². The average Bonchev–Trinajstić information content (AvgIpc) is 3.34. The predicted molar refractivity (Wildman–Crippen MR) is 100 cm³/mol. The minimum atomic E-state index is -0.430. The van der Waals surface area contributed by atoms with E-state index in [1.807, 2.05) is 17.9 Å². The van der Waals surface area contributed by atoms with Gasteiger partial charge in [-0.2, -0.15) is 0 Å². The maximum Gasteiger partial charge on any atom is 0.248 e. The number of piperidine rings is 1. The number of anilines is 1. The fourth-order valence-electron chi connectivity index (χ4n) is 3.45. The number of carbonyl (C=O) groups excluding carboxylic acids is 1. The second-order valence-corrected chi connectivity index (χ2v) is 7.16. The van der Waals surface area contributed by atoms with Gasteiger partial charge in [0.15, 0.2) is 0 Å². The minimum Gasteiger partial charge on any atom is -0.366 e. The molecule has 1 atom stereocenters. The van der Waals surface area contributed by atoms with Crippen molar-refractivity contribution in [2.24, 2.45) is 5.73 Å². The zero-order valence-electron chi connectivity index (χ0n) is 14.3. The van der Waals surface area contributed by atoms with Crippen LogP contribution in [-0.4, -0.2) is 38.5 Å². The molecule has 3 aromatic rings. The summed E-state index contributed by atoms with van der Waals surface area (Å²) in [6.07, 6.45) is 7.64.